The zero-order chi connectivity index (χ0) is 11.5. The Hall–Kier alpha value is -1.00. The minimum atomic E-state index is 0.0990. The van der Waals surface area contributed by atoms with E-state index in [1.165, 1.54) is 6.20 Å². The molecule has 1 aliphatic heterocycles. The van der Waals surface area contributed by atoms with Crippen LogP contribution in [0.2, 0.25) is 10.0 Å². The number of aromatic nitrogens is 1. The summed E-state index contributed by atoms with van der Waals surface area (Å²) in [5, 5.41) is 6.93. The number of rotatable bonds is 3. The van der Waals surface area contributed by atoms with Crippen LogP contribution in [-0.2, 0) is 4.79 Å². The van der Waals surface area contributed by atoms with E-state index < -0.39 is 0 Å². The van der Waals surface area contributed by atoms with Crippen molar-refractivity contribution in [1.82, 2.24) is 10.3 Å². The number of nitrogens with one attached hydrogen (secondary N) is 2. The number of amides is 1. The highest BCUT2D eigenvalue weighted by molar-refractivity contribution is 6.35. The van der Waals surface area contributed by atoms with Crippen LogP contribution in [0, 0.1) is 0 Å². The van der Waals surface area contributed by atoms with Crippen LogP contribution in [0.5, 0.6) is 0 Å². The van der Waals surface area contributed by atoms with Crippen molar-refractivity contribution in [3.05, 3.63) is 22.3 Å². The molecular weight excluding hydrogens is 249 g/mol. The Bertz CT molecular complexity index is 411. The highest BCUT2D eigenvalue weighted by Gasteiger charge is 2.20. The Balaban J connectivity index is 1.92. The summed E-state index contributed by atoms with van der Waals surface area (Å²) < 4.78 is 0. The third kappa shape index (κ3) is 2.77. The first-order valence-corrected chi connectivity index (χ1v) is 5.75. The van der Waals surface area contributed by atoms with Gasteiger partial charge in [0.15, 0.2) is 0 Å². The molecule has 0 bridgehead atoms. The van der Waals surface area contributed by atoms with Gasteiger partial charge in [-0.1, -0.05) is 23.2 Å². The maximum absolute atomic E-state index is 11.0. The Morgan fingerprint density at radius 3 is 3.00 bits per heavy atom. The van der Waals surface area contributed by atoms with Gasteiger partial charge in [0, 0.05) is 25.2 Å². The van der Waals surface area contributed by atoms with Gasteiger partial charge in [-0.3, -0.25) is 4.79 Å². The number of nitrogens with zero attached hydrogens (tertiary/aromatic N) is 1. The van der Waals surface area contributed by atoms with Gasteiger partial charge in [0.1, 0.15) is 5.82 Å². The number of pyridine rings is 1. The van der Waals surface area contributed by atoms with Crippen molar-refractivity contribution in [1.29, 1.82) is 0 Å². The van der Waals surface area contributed by atoms with Crippen LogP contribution in [0.1, 0.15) is 12.8 Å². The fourth-order valence-electron chi connectivity index (χ4n) is 1.59. The van der Waals surface area contributed by atoms with Gasteiger partial charge < -0.3 is 10.6 Å². The Morgan fingerprint density at radius 2 is 2.38 bits per heavy atom. The third-order valence-electron chi connectivity index (χ3n) is 2.41. The lowest BCUT2D eigenvalue weighted by Gasteiger charge is -2.12. The van der Waals surface area contributed by atoms with Crippen LogP contribution in [0.3, 0.4) is 0 Å². The van der Waals surface area contributed by atoms with Gasteiger partial charge in [0.05, 0.1) is 10.0 Å². The molecule has 0 aromatic carbocycles. The van der Waals surface area contributed by atoms with E-state index in [1.54, 1.807) is 6.07 Å². The van der Waals surface area contributed by atoms with Crippen LogP contribution < -0.4 is 10.6 Å². The number of hydrogen-bond donors (Lipinski definition) is 2. The summed E-state index contributed by atoms with van der Waals surface area (Å²) in [6.45, 7) is 0.625. The zero-order valence-electron chi connectivity index (χ0n) is 8.46. The smallest absolute Gasteiger partial charge is 0.220 e. The second kappa shape index (κ2) is 4.89. The molecule has 1 amide bonds. The van der Waals surface area contributed by atoms with E-state index in [2.05, 4.69) is 15.6 Å². The average molecular weight is 260 g/mol. The summed E-state index contributed by atoms with van der Waals surface area (Å²) in [5.41, 5.74) is 0. The summed E-state index contributed by atoms with van der Waals surface area (Å²) in [6, 6.07) is 1.78. The zero-order valence-corrected chi connectivity index (χ0v) is 9.98. The van der Waals surface area contributed by atoms with Crippen molar-refractivity contribution < 1.29 is 4.79 Å². The van der Waals surface area contributed by atoms with Gasteiger partial charge in [-0.05, 0) is 12.5 Å². The van der Waals surface area contributed by atoms with Crippen molar-refractivity contribution in [2.24, 2.45) is 0 Å². The number of carbonyl (C=O) groups excluding carboxylic acids is 1. The first-order chi connectivity index (χ1) is 7.65. The minimum absolute atomic E-state index is 0.0990. The molecule has 1 unspecified atom stereocenters. The molecule has 86 valence electrons. The van der Waals surface area contributed by atoms with Gasteiger partial charge in [-0.15, -0.1) is 0 Å². The van der Waals surface area contributed by atoms with Gasteiger partial charge in [-0.25, -0.2) is 4.98 Å². The number of anilines is 1. The number of halogens is 2. The summed E-state index contributed by atoms with van der Waals surface area (Å²) >= 11 is 11.7. The van der Waals surface area contributed by atoms with E-state index in [1.807, 2.05) is 0 Å². The van der Waals surface area contributed by atoms with Crippen molar-refractivity contribution in [2.45, 2.75) is 18.9 Å². The number of hydrogen-bond acceptors (Lipinski definition) is 3. The lowest BCUT2D eigenvalue weighted by Crippen LogP contribution is -2.32. The molecule has 1 saturated heterocycles. The van der Waals surface area contributed by atoms with Crippen molar-refractivity contribution in [3.63, 3.8) is 0 Å². The molecule has 1 aromatic rings. The van der Waals surface area contributed by atoms with E-state index in [0.717, 1.165) is 6.42 Å². The molecule has 6 heteroatoms. The van der Waals surface area contributed by atoms with E-state index in [0.29, 0.717) is 28.8 Å². The summed E-state index contributed by atoms with van der Waals surface area (Å²) in [4.78, 5) is 15.0. The van der Waals surface area contributed by atoms with Gasteiger partial charge >= 0.3 is 0 Å². The number of carbonyl (C=O) groups is 1. The van der Waals surface area contributed by atoms with Gasteiger partial charge in [0.2, 0.25) is 5.91 Å². The summed E-state index contributed by atoms with van der Waals surface area (Å²) in [7, 11) is 0. The fraction of sp³-hybridized carbons (Fsp3) is 0.400. The molecular formula is C10H11Cl2N3O. The summed E-state index contributed by atoms with van der Waals surface area (Å²) in [5.74, 6) is 0.689. The van der Waals surface area contributed by atoms with Crippen molar-refractivity contribution in [2.75, 3.05) is 11.9 Å². The molecule has 2 N–H and O–H groups in total. The Kier molecular flexibility index (Phi) is 3.51. The maximum atomic E-state index is 11.0. The molecule has 2 rings (SSSR count). The normalized spacial score (nSPS) is 19.6. The molecule has 0 aliphatic carbocycles. The molecule has 1 fully saturated rings. The minimum Gasteiger partial charge on any atom is -0.367 e. The molecule has 1 atom stereocenters. The predicted molar refractivity (Wildman–Crippen MR) is 63.9 cm³/mol. The first-order valence-electron chi connectivity index (χ1n) is 4.99. The highest BCUT2D eigenvalue weighted by Crippen LogP contribution is 2.22. The quantitative estimate of drug-likeness (QED) is 0.874. The van der Waals surface area contributed by atoms with Gasteiger partial charge in [0.25, 0.3) is 0 Å². The largest absolute Gasteiger partial charge is 0.367 e. The van der Waals surface area contributed by atoms with E-state index in [9.17, 15) is 4.79 Å². The Labute approximate surface area is 103 Å². The topological polar surface area (TPSA) is 54.0 Å². The van der Waals surface area contributed by atoms with Crippen LogP contribution in [0.25, 0.3) is 0 Å². The lowest BCUT2D eigenvalue weighted by atomic mass is 10.2. The van der Waals surface area contributed by atoms with E-state index in [4.69, 9.17) is 23.2 Å². The lowest BCUT2D eigenvalue weighted by molar-refractivity contribution is -0.119. The molecule has 0 spiro atoms. The van der Waals surface area contributed by atoms with Crippen LogP contribution in [0.15, 0.2) is 12.3 Å². The standard InChI is InChI=1S/C10H11Cl2N3O/c11-6-3-8(12)10(13-4-6)14-5-7-1-2-9(16)15-7/h3-4,7H,1-2,5H2,(H,13,14)(H,15,16). The molecule has 1 aliphatic rings. The second-order valence-electron chi connectivity index (χ2n) is 3.67. The monoisotopic (exact) mass is 259 g/mol. The molecule has 0 radical (unpaired) electrons. The van der Waals surface area contributed by atoms with Crippen LogP contribution in [-0.4, -0.2) is 23.5 Å². The molecule has 4 nitrogen and oxygen atoms in total. The molecule has 16 heavy (non-hydrogen) atoms. The van der Waals surface area contributed by atoms with Gasteiger partial charge in [-0.2, -0.15) is 0 Å². The Morgan fingerprint density at radius 1 is 1.56 bits per heavy atom. The average Bonchev–Trinajstić information content (AvgIpc) is 2.63. The molecule has 0 saturated carbocycles. The fourth-order valence-corrected chi connectivity index (χ4v) is 2.04. The highest BCUT2D eigenvalue weighted by atomic mass is 35.5. The van der Waals surface area contributed by atoms with Crippen molar-refractivity contribution >= 4 is 34.9 Å². The SMILES string of the molecule is O=C1CCC(CNc2ncc(Cl)cc2Cl)N1. The van der Waals surface area contributed by atoms with Crippen LogP contribution in [0.4, 0.5) is 5.82 Å². The first kappa shape index (κ1) is 11.5. The van der Waals surface area contributed by atoms with E-state index in [-0.39, 0.29) is 11.9 Å². The molecule has 1 aromatic heterocycles. The van der Waals surface area contributed by atoms with Crippen LogP contribution >= 0.6 is 23.2 Å². The third-order valence-corrected chi connectivity index (χ3v) is 2.90. The second-order valence-corrected chi connectivity index (χ2v) is 4.51. The molecule has 2 heterocycles. The summed E-state index contributed by atoms with van der Waals surface area (Å²) in [6.07, 6.45) is 2.97. The predicted octanol–water partition coefficient (Wildman–Crippen LogP) is 2.08. The van der Waals surface area contributed by atoms with Crippen molar-refractivity contribution in [3.8, 4) is 0 Å². The maximum Gasteiger partial charge on any atom is 0.220 e. The van der Waals surface area contributed by atoms with E-state index >= 15 is 0 Å².